The van der Waals surface area contributed by atoms with Crippen molar-refractivity contribution >= 4 is 16.5 Å². The number of nitrogens with two attached hydrogens (primary N) is 1. The van der Waals surface area contributed by atoms with Gasteiger partial charge in [-0.15, -0.1) is 0 Å². The number of aryl methyl sites for hydroxylation is 1. The molecule has 0 fully saturated rings. The fourth-order valence-electron chi connectivity index (χ4n) is 1.35. The summed E-state index contributed by atoms with van der Waals surface area (Å²) < 4.78 is 12.1. The number of benzene rings is 1. The van der Waals surface area contributed by atoms with Gasteiger partial charge in [0.1, 0.15) is 0 Å². The minimum absolute atomic E-state index is 0.217. The summed E-state index contributed by atoms with van der Waals surface area (Å²) in [6, 6.07) is 5.70. The Labute approximate surface area is 101 Å². The van der Waals surface area contributed by atoms with Crippen molar-refractivity contribution in [3.63, 3.8) is 0 Å². The molecule has 1 atom stereocenters. The van der Waals surface area contributed by atoms with Crippen LogP contribution in [0.2, 0.25) is 0 Å². The summed E-state index contributed by atoms with van der Waals surface area (Å²) in [5, 5.41) is 0. The number of rotatable bonds is 3. The van der Waals surface area contributed by atoms with Crippen LogP contribution in [-0.2, 0) is 10.8 Å². The second-order valence-electron chi connectivity index (χ2n) is 5.40. The molecule has 0 aliphatic rings. The van der Waals surface area contributed by atoms with Gasteiger partial charge in [-0.2, -0.15) is 0 Å². The Bertz CT molecular complexity index is 393. The zero-order valence-corrected chi connectivity index (χ0v) is 11.4. The van der Waals surface area contributed by atoms with E-state index in [0.29, 0.717) is 11.4 Å². The molecular weight excluding hydrogens is 218 g/mol. The van der Waals surface area contributed by atoms with Crippen molar-refractivity contribution in [3.05, 3.63) is 23.8 Å². The molecule has 0 bridgehead atoms. The van der Waals surface area contributed by atoms with Crippen molar-refractivity contribution in [1.29, 1.82) is 0 Å². The van der Waals surface area contributed by atoms with E-state index < -0.39 is 10.8 Å². The van der Waals surface area contributed by atoms with Gasteiger partial charge < -0.3 is 5.73 Å². The van der Waals surface area contributed by atoms with Crippen molar-refractivity contribution < 1.29 is 4.21 Å². The van der Waals surface area contributed by atoms with Crippen LogP contribution < -0.4 is 5.73 Å². The third-order valence-corrected chi connectivity index (χ3v) is 3.87. The number of hydrogen-bond donors (Lipinski definition) is 1. The first-order chi connectivity index (χ1) is 7.29. The van der Waals surface area contributed by atoms with Crippen LogP contribution in [0.3, 0.4) is 0 Å². The van der Waals surface area contributed by atoms with Crippen molar-refractivity contribution in [2.45, 2.75) is 39.0 Å². The van der Waals surface area contributed by atoms with Gasteiger partial charge >= 0.3 is 0 Å². The minimum Gasteiger partial charge on any atom is -0.398 e. The third-order valence-electron chi connectivity index (χ3n) is 2.45. The van der Waals surface area contributed by atoms with E-state index in [4.69, 9.17) is 5.73 Å². The van der Waals surface area contributed by atoms with Gasteiger partial charge in [0, 0.05) is 11.4 Å². The Morgan fingerprint density at radius 1 is 1.31 bits per heavy atom. The van der Waals surface area contributed by atoms with Crippen molar-refractivity contribution in [2.24, 2.45) is 5.41 Å². The molecule has 0 spiro atoms. The normalized spacial score (nSPS) is 13.8. The molecule has 1 aromatic rings. The predicted molar refractivity (Wildman–Crippen MR) is 70.9 cm³/mol. The summed E-state index contributed by atoms with van der Waals surface area (Å²) in [5.41, 5.74) is 7.79. The molecule has 1 aromatic carbocycles. The fraction of sp³-hybridized carbons (Fsp3) is 0.538. The van der Waals surface area contributed by atoms with Crippen molar-refractivity contribution in [3.8, 4) is 0 Å². The second-order valence-corrected chi connectivity index (χ2v) is 6.94. The highest BCUT2D eigenvalue weighted by molar-refractivity contribution is 7.85. The van der Waals surface area contributed by atoms with Gasteiger partial charge in [-0.25, -0.2) is 0 Å². The Morgan fingerprint density at radius 2 is 1.94 bits per heavy atom. The average Bonchev–Trinajstić information content (AvgIpc) is 2.17. The Hall–Kier alpha value is -0.830. The van der Waals surface area contributed by atoms with Crippen LogP contribution in [0.5, 0.6) is 0 Å². The van der Waals surface area contributed by atoms with Crippen LogP contribution in [0.4, 0.5) is 5.69 Å². The maximum absolute atomic E-state index is 12.1. The zero-order valence-electron chi connectivity index (χ0n) is 10.5. The highest BCUT2D eigenvalue weighted by Gasteiger charge is 2.14. The van der Waals surface area contributed by atoms with Crippen LogP contribution >= 0.6 is 0 Å². The molecule has 0 saturated heterocycles. The van der Waals surface area contributed by atoms with Gasteiger partial charge in [0.05, 0.1) is 15.7 Å². The maximum atomic E-state index is 12.1. The van der Waals surface area contributed by atoms with Crippen molar-refractivity contribution in [2.75, 3.05) is 11.5 Å². The monoisotopic (exact) mass is 239 g/mol. The fourth-order valence-corrected chi connectivity index (χ4v) is 3.01. The molecule has 3 heteroatoms. The average molecular weight is 239 g/mol. The molecule has 0 amide bonds. The molecule has 90 valence electrons. The number of hydrogen-bond acceptors (Lipinski definition) is 2. The molecule has 0 aliphatic heterocycles. The van der Waals surface area contributed by atoms with E-state index in [-0.39, 0.29) is 5.41 Å². The molecular formula is C13H21NOS. The van der Waals surface area contributed by atoms with Crippen LogP contribution in [0.15, 0.2) is 23.1 Å². The molecule has 0 radical (unpaired) electrons. The van der Waals surface area contributed by atoms with Gasteiger partial charge in [0.25, 0.3) is 0 Å². The van der Waals surface area contributed by atoms with Gasteiger partial charge in [0.2, 0.25) is 0 Å². The molecule has 0 saturated carbocycles. The van der Waals surface area contributed by atoms with E-state index in [1.54, 1.807) is 0 Å². The van der Waals surface area contributed by atoms with Gasteiger partial charge in [-0.1, -0.05) is 26.8 Å². The van der Waals surface area contributed by atoms with E-state index in [0.717, 1.165) is 16.9 Å². The van der Waals surface area contributed by atoms with E-state index in [9.17, 15) is 4.21 Å². The van der Waals surface area contributed by atoms with Gasteiger partial charge in [-0.05, 0) is 36.5 Å². The summed E-state index contributed by atoms with van der Waals surface area (Å²) in [6.07, 6.45) is 0.937. The first-order valence-electron chi connectivity index (χ1n) is 5.54. The lowest BCUT2D eigenvalue weighted by Gasteiger charge is -2.17. The standard InChI is InChI=1S/C13H21NOS/c1-10-5-6-11(14)12(9-10)16(15)8-7-13(2,3)4/h5-6,9H,7-8,14H2,1-4H3. The van der Waals surface area contributed by atoms with Crippen LogP contribution in [0.1, 0.15) is 32.8 Å². The summed E-state index contributed by atoms with van der Waals surface area (Å²) in [7, 11) is -0.977. The Balaban J connectivity index is 2.77. The lowest BCUT2D eigenvalue weighted by atomic mass is 9.94. The largest absolute Gasteiger partial charge is 0.398 e. The maximum Gasteiger partial charge on any atom is 0.0620 e. The van der Waals surface area contributed by atoms with Gasteiger partial charge in [-0.3, -0.25) is 4.21 Å². The molecule has 0 aromatic heterocycles. The van der Waals surface area contributed by atoms with Crippen LogP contribution in [0.25, 0.3) is 0 Å². The Kier molecular flexibility index (Phi) is 4.14. The first-order valence-corrected chi connectivity index (χ1v) is 6.86. The Morgan fingerprint density at radius 3 is 2.50 bits per heavy atom. The molecule has 2 nitrogen and oxygen atoms in total. The smallest absolute Gasteiger partial charge is 0.0620 e. The molecule has 0 aliphatic carbocycles. The molecule has 0 heterocycles. The topological polar surface area (TPSA) is 43.1 Å². The summed E-state index contributed by atoms with van der Waals surface area (Å²) in [5.74, 6) is 0.678. The molecule has 1 rings (SSSR count). The van der Waals surface area contributed by atoms with E-state index in [2.05, 4.69) is 20.8 Å². The lowest BCUT2D eigenvalue weighted by molar-refractivity contribution is 0.400. The molecule has 2 N–H and O–H groups in total. The lowest BCUT2D eigenvalue weighted by Crippen LogP contribution is -2.11. The van der Waals surface area contributed by atoms with Gasteiger partial charge in [0.15, 0.2) is 0 Å². The van der Waals surface area contributed by atoms with E-state index in [1.807, 2.05) is 25.1 Å². The summed E-state index contributed by atoms with van der Waals surface area (Å²) in [4.78, 5) is 0.782. The number of nitrogen functional groups attached to an aromatic ring is 1. The van der Waals surface area contributed by atoms with E-state index >= 15 is 0 Å². The minimum atomic E-state index is -0.977. The number of anilines is 1. The summed E-state index contributed by atoms with van der Waals surface area (Å²) >= 11 is 0. The SMILES string of the molecule is Cc1ccc(N)c(S(=O)CCC(C)(C)C)c1. The molecule has 16 heavy (non-hydrogen) atoms. The summed E-state index contributed by atoms with van der Waals surface area (Å²) in [6.45, 7) is 8.46. The highest BCUT2D eigenvalue weighted by atomic mass is 32.2. The first kappa shape index (κ1) is 13.2. The molecule has 1 unspecified atom stereocenters. The zero-order chi connectivity index (χ0) is 12.3. The quantitative estimate of drug-likeness (QED) is 0.824. The van der Waals surface area contributed by atoms with E-state index in [1.165, 1.54) is 0 Å². The van der Waals surface area contributed by atoms with Crippen LogP contribution in [-0.4, -0.2) is 9.96 Å². The highest BCUT2D eigenvalue weighted by Crippen LogP contribution is 2.23. The van der Waals surface area contributed by atoms with Crippen LogP contribution in [0, 0.1) is 12.3 Å². The second kappa shape index (κ2) is 5.00. The van der Waals surface area contributed by atoms with Crippen molar-refractivity contribution in [1.82, 2.24) is 0 Å². The third kappa shape index (κ3) is 3.97. The predicted octanol–water partition coefficient (Wildman–Crippen LogP) is 3.12.